The lowest BCUT2D eigenvalue weighted by Gasteiger charge is -2.20. The third-order valence-electron chi connectivity index (χ3n) is 3.96. The lowest BCUT2D eigenvalue weighted by atomic mass is 9.87. The number of halogens is 1. The van der Waals surface area contributed by atoms with Crippen molar-refractivity contribution in [1.82, 2.24) is 14.3 Å². The summed E-state index contributed by atoms with van der Waals surface area (Å²) in [6.45, 7) is 6.00. The van der Waals surface area contributed by atoms with Crippen LogP contribution in [-0.2, 0) is 5.41 Å². The fourth-order valence-corrected chi connectivity index (χ4v) is 2.53. The molecule has 0 aliphatic carbocycles. The average Bonchev–Trinajstić information content (AvgIpc) is 2.82. The van der Waals surface area contributed by atoms with E-state index in [1.54, 1.807) is 12.1 Å². The molecule has 3 aromatic rings. The maximum absolute atomic E-state index is 13.1. The summed E-state index contributed by atoms with van der Waals surface area (Å²) in [5, 5.41) is 12.6. The fraction of sp³-hybridized carbons (Fsp3) is 0.222. The van der Waals surface area contributed by atoms with Crippen LogP contribution in [0.1, 0.15) is 26.3 Å². The van der Waals surface area contributed by atoms with E-state index in [9.17, 15) is 19.1 Å². The lowest BCUT2D eigenvalue weighted by Crippen LogP contribution is -2.27. The number of nitrogens with zero attached hydrogens (tertiary/aromatic N) is 2. The van der Waals surface area contributed by atoms with Crippen molar-refractivity contribution in [1.29, 1.82) is 0 Å². The Labute approximate surface area is 142 Å². The molecule has 0 bridgehead atoms. The van der Waals surface area contributed by atoms with E-state index in [-0.39, 0.29) is 22.5 Å². The van der Waals surface area contributed by atoms with E-state index < -0.39 is 17.2 Å². The van der Waals surface area contributed by atoms with E-state index in [0.717, 1.165) is 26.9 Å². The smallest absolute Gasteiger partial charge is 0.356 e. The molecule has 0 radical (unpaired) electrons. The summed E-state index contributed by atoms with van der Waals surface area (Å²) in [6, 6.07) is 9.90. The van der Waals surface area contributed by atoms with Crippen LogP contribution in [0.25, 0.3) is 11.4 Å². The number of rotatable bonds is 2. The molecule has 0 atom stereocenters. The van der Waals surface area contributed by atoms with Gasteiger partial charge in [-0.25, -0.2) is 23.6 Å². The molecular weight excluding hydrogens is 324 g/mol. The number of phenolic OH excluding ortho intramolecular Hbond substituents is 1. The van der Waals surface area contributed by atoms with Crippen molar-refractivity contribution in [3.05, 3.63) is 74.8 Å². The van der Waals surface area contributed by atoms with E-state index in [4.69, 9.17) is 0 Å². The number of aromatic hydroxyl groups is 1. The van der Waals surface area contributed by atoms with Crippen LogP contribution in [0.5, 0.6) is 5.75 Å². The molecule has 6 nitrogen and oxygen atoms in total. The first-order chi connectivity index (χ1) is 11.7. The largest absolute Gasteiger partial charge is 0.506 e. The van der Waals surface area contributed by atoms with Crippen molar-refractivity contribution < 1.29 is 9.50 Å². The van der Waals surface area contributed by atoms with Gasteiger partial charge < -0.3 is 5.11 Å². The molecule has 1 heterocycles. The van der Waals surface area contributed by atoms with Crippen LogP contribution in [0.15, 0.2) is 52.1 Å². The molecule has 130 valence electrons. The van der Waals surface area contributed by atoms with Crippen molar-refractivity contribution in [2.75, 3.05) is 0 Å². The van der Waals surface area contributed by atoms with Crippen LogP contribution < -0.4 is 11.4 Å². The summed E-state index contributed by atoms with van der Waals surface area (Å²) in [7, 11) is 0. The third-order valence-corrected chi connectivity index (χ3v) is 3.96. The number of nitrogens with one attached hydrogen (secondary N) is 1. The summed E-state index contributed by atoms with van der Waals surface area (Å²) >= 11 is 0. The molecule has 0 amide bonds. The van der Waals surface area contributed by atoms with Crippen molar-refractivity contribution >= 4 is 0 Å². The second-order valence-corrected chi connectivity index (χ2v) is 6.80. The summed E-state index contributed by atoms with van der Waals surface area (Å²) < 4.78 is 14.9. The molecule has 2 N–H and O–H groups in total. The molecule has 0 saturated carbocycles. The summed E-state index contributed by atoms with van der Waals surface area (Å²) in [4.78, 5) is 24.9. The second kappa shape index (κ2) is 5.77. The SMILES string of the molecule is CC(C)(C)c1ccc(O)c(-n2[nH]c(=O)n(-c3ccc([18F])cc3)c2=O)c1. The van der Waals surface area contributed by atoms with Crippen molar-refractivity contribution in [2.24, 2.45) is 0 Å². The molecule has 1 aromatic heterocycles. The Morgan fingerprint density at radius 2 is 1.68 bits per heavy atom. The topological polar surface area (TPSA) is 80.0 Å². The standard InChI is InChI=1S/C18H18FN3O3/c1-18(2,3)11-4-9-15(23)14(10-11)22-17(25)21(16(24)20-22)13-7-5-12(19)6-8-13/h4-10,23H,1-3H3,(H,20,24)/i19-1. The van der Waals surface area contributed by atoms with Crippen LogP contribution in [0, 0.1) is 5.82 Å². The molecule has 0 aliphatic rings. The number of H-pyrrole nitrogens is 1. The van der Waals surface area contributed by atoms with E-state index in [1.165, 1.54) is 18.2 Å². The molecule has 7 heteroatoms. The number of hydrogen-bond donors (Lipinski definition) is 2. The van der Waals surface area contributed by atoms with Crippen molar-refractivity contribution in [3.8, 4) is 17.1 Å². The minimum absolute atomic E-state index is 0.136. The maximum Gasteiger partial charge on any atom is 0.356 e. The molecule has 2 aromatic carbocycles. The van der Waals surface area contributed by atoms with E-state index in [2.05, 4.69) is 5.10 Å². The molecule has 3 rings (SSSR count). The number of aromatic amines is 1. The lowest BCUT2D eigenvalue weighted by molar-refractivity contribution is 0.468. The van der Waals surface area contributed by atoms with Crippen molar-refractivity contribution in [3.63, 3.8) is 0 Å². The molecule has 25 heavy (non-hydrogen) atoms. The quantitative estimate of drug-likeness (QED) is 0.751. The van der Waals surface area contributed by atoms with Crippen LogP contribution in [-0.4, -0.2) is 19.5 Å². The Hall–Kier alpha value is -3.09. The normalized spacial score (nSPS) is 11.7. The van der Waals surface area contributed by atoms with Gasteiger partial charge in [-0.3, -0.25) is 0 Å². The molecule has 0 spiro atoms. The highest BCUT2D eigenvalue weighted by molar-refractivity contribution is 5.49. The minimum atomic E-state index is -0.683. The molecule has 0 fully saturated rings. The van der Waals surface area contributed by atoms with E-state index in [1.807, 2.05) is 20.8 Å². The van der Waals surface area contributed by atoms with E-state index >= 15 is 0 Å². The van der Waals surface area contributed by atoms with Gasteiger partial charge in [0.1, 0.15) is 17.3 Å². The van der Waals surface area contributed by atoms with Gasteiger partial charge in [-0.15, -0.1) is 0 Å². The van der Waals surface area contributed by atoms with Gasteiger partial charge in [0.25, 0.3) is 0 Å². The summed E-state index contributed by atoms with van der Waals surface area (Å²) in [5.41, 5.74) is -0.266. The fourth-order valence-electron chi connectivity index (χ4n) is 2.53. The van der Waals surface area contributed by atoms with Gasteiger partial charge in [-0.05, 0) is 47.4 Å². The van der Waals surface area contributed by atoms with Crippen LogP contribution in [0.4, 0.5) is 4.39 Å². The number of aromatic nitrogens is 3. The highest BCUT2D eigenvalue weighted by Gasteiger charge is 2.19. The van der Waals surface area contributed by atoms with Gasteiger partial charge in [0.2, 0.25) is 0 Å². The number of benzene rings is 2. The first kappa shape index (κ1) is 16.8. The Balaban J connectivity index is 2.21. The zero-order valence-corrected chi connectivity index (χ0v) is 14.1. The summed E-state index contributed by atoms with van der Waals surface area (Å²) in [6.07, 6.45) is 0. The Morgan fingerprint density at radius 1 is 1.04 bits per heavy atom. The molecule has 0 unspecified atom stereocenters. The predicted molar refractivity (Wildman–Crippen MR) is 92.3 cm³/mol. The van der Waals surface area contributed by atoms with Gasteiger partial charge in [-0.1, -0.05) is 26.8 Å². The van der Waals surface area contributed by atoms with Gasteiger partial charge in [0, 0.05) is 0 Å². The van der Waals surface area contributed by atoms with Gasteiger partial charge in [0.15, 0.2) is 0 Å². The van der Waals surface area contributed by atoms with E-state index in [0.29, 0.717) is 0 Å². The van der Waals surface area contributed by atoms with Crippen LogP contribution in [0.3, 0.4) is 0 Å². The average molecular weight is 342 g/mol. The van der Waals surface area contributed by atoms with Gasteiger partial charge in [-0.2, -0.15) is 4.68 Å². The molecule has 0 saturated heterocycles. The highest BCUT2D eigenvalue weighted by Crippen LogP contribution is 2.28. The highest BCUT2D eigenvalue weighted by atomic mass is 18.2. The second-order valence-electron chi connectivity index (χ2n) is 6.80. The zero-order chi connectivity index (χ0) is 18.4. The Bertz CT molecular complexity index is 1040. The number of hydrogen-bond acceptors (Lipinski definition) is 3. The minimum Gasteiger partial charge on any atom is -0.506 e. The Morgan fingerprint density at radius 3 is 2.28 bits per heavy atom. The first-order valence-corrected chi connectivity index (χ1v) is 7.72. The monoisotopic (exact) mass is 342 g/mol. The van der Waals surface area contributed by atoms with Crippen LogP contribution >= 0.6 is 0 Å². The van der Waals surface area contributed by atoms with Gasteiger partial charge in [0.05, 0.1) is 5.69 Å². The first-order valence-electron chi connectivity index (χ1n) is 7.72. The van der Waals surface area contributed by atoms with Crippen LogP contribution in [0.2, 0.25) is 0 Å². The third kappa shape index (κ3) is 3.00. The van der Waals surface area contributed by atoms with Gasteiger partial charge >= 0.3 is 11.4 Å². The number of phenols is 1. The Kier molecular flexibility index (Phi) is 3.87. The predicted octanol–water partition coefficient (Wildman–Crippen LogP) is 2.46. The zero-order valence-electron chi connectivity index (χ0n) is 14.1. The molecule has 0 aliphatic heterocycles. The molecular formula is C18H18FN3O3. The summed E-state index contributed by atoms with van der Waals surface area (Å²) in [5.74, 6) is -0.606. The maximum atomic E-state index is 13.1. The van der Waals surface area contributed by atoms with Crippen molar-refractivity contribution in [2.45, 2.75) is 26.2 Å².